The van der Waals surface area contributed by atoms with Crippen LogP contribution in [0.15, 0.2) is 82.7 Å². The molecule has 3 aromatic carbocycles. The van der Waals surface area contributed by atoms with Crippen LogP contribution in [0.4, 0.5) is 5.69 Å². The van der Waals surface area contributed by atoms with Crippen molar-refractivity contribution in [3.63, 3.8) is 0 Å². The molecule has 0 spiro atoms. The van der Waals surface area contributed by atoms with Gasteiger partial charge in [0.15, 0.2) is 5.16 Å². The van der Waals surface area contributed by atoms with Gasteiger partial charge in [0.2, 0.25) is 5.91 Å². The van der Waals surface area contributed by atoms with Gasteiger partial charge in [0.25, 0.3) is 11.5 Å². The van der Waals surface area contributed by atoms with Gasteiger partial charge in [-0.2, -0.15) is 0 Å². The Bertz CT molecular complexity index is 1530. The number of nitrogens with one attached hydrogen (secondary N) is 2. The van der Waals surface area contributed by atoms with E-state index in [1.54, 1.807) is 28.8 Å². The van der Waals surface area contributed by atoms with Crippen LogP contribution in [0, 0.1) is 6.92 Å². The number of amides is 2. The Morgan fingerprint density at radius 2 is 1.68 bits per heavy atom. The minimum atomic E-state index is -0.170. The molecule has 0 aliphatic heterocycles. The lowest BCUT2D eigenvalue weighted by atomic mass is 10.1. The molecule has 8 heteroatoms. The largest absolute Gasteiger partial charge is 0.349 e. The van der Waals surface area contributed by atoms with E-state index in [-0.39, 0.29) is 35.7 Å². The summed E-state index contributed by atoms with van der Waals surface area (Å²) in [6.07, 6.45) is 4.38. The van der Waals surface area contributed by atoms with E-state index < -0.39 is 0 Å². The predicted octanol–water partition coefficient (Wildman–Crippen LogP) is 5.16. The van der Waals surface area contributed by atoms with Crippen LogP contribution in [-0.4, -0.2) is 33.2 Å². The highest BCUT2D eigenvalue weighted by atomic mass is 32.2. The number of para-hydroxylation sites is 2. The molecule has 1 aliphatic rings. The molecule has 0 atom stereocenters. The first kappa shape index (κ1) is 25.7. The van der Waals surface area contributed by atoms with E-state index in [2.05, 4.69) is 10.6 Å². The lowest BCUT2D eigenvalue weighted by Gasteiger charge is -2.14. The predicted molar refractivity (Wildman–Crippen MR) is 152 cm³/mol. The molecular weight excluding hydrogens is 496 g/mol. The van der Waals surface area contributed by atoms with Gasteiger partial charge in [-0.05, 0) is 61.2 Å². The van der Waals surface area contributed by atoms with E-state index >= 15 is 0 Å². The molecule has 38 heavy (non-hydrogen) atoms. The molecule has 194 valence electrons. The summed E-state index contributed by atoms with van der Waals surface area (Å²) in [5.74, 6) is -0.126. The van der Waals surface area contributed by atoms with Gasteiger partial charge in [0.05, 0.1) is 23.2 Å². The van der Waals surface area contributed by atoms with Crippen molar-refractivity contribution in [2.24, 2.45) is 0 Å². The van der Waals surface area contributed by atoms with E-state index in [0.29, 0.717) is 21.6 Å². The average molecular weight is 527 g/mol. The third-order valence-electron chi connectivity index (χ3n) is 6.83. The van der Waals surface area contributed by atoms with Crippen LogP contribution in [0.2, 0.25) is 0 Å². The highest BCUT2D eigenvalue weighted by Crippen LogP contribution is 2.21. The standard InChI is InChI=1S/C30H30N4O3S/c1-20-8-2-6-12-25(20)32-27(35)19-38-30-33-26-13-7-5-11-24(26)29(37)34(30)18-21-14-16-22(17-15-21)28(36)31-23-9-3-4-10-23/h2,5-8,11-17,23H,3-4,9-10,18-19H2,1H3,(H,31,36)(H,32,35). The molecule has 2 N–H and O–H groups in total. The second kappa shape index (κ2) is 11.6. The van der Waals surface area contributed by atoms with Gasteiger partial charge < -0.3 is 10.6 Å². The number of benzene rings is 3. The Labute approximate surface area is 225 Å². The molecule has 1 fully saturated rings. The highest BCUT2D eigenvalue weighted by Gasteiger charge is 2.18. The Hall–Kier alpha value is -3.91. The van der Waals surface area contributed by atoms with Crippen molar-refractivity contribution in [1.82, 2.24) is 14.9 Å². The summed E-state index contributed by atoms with van der Waals surface area (Å²) in [6.45, 7) is 2.22. The SMILES string of the molecule is Cc1ccccc1NC(=O)CSc1nc2ccccc2c(=O)n1Cc1ccc(C(=O)NC2CCCC2)cc1. The Kier molecular flexibility index (Phi) is 7.89. The van der Waals surface area contributed by atoms with Crippen LogP contribution in [-0.2, 0) is 11.3 Å². The van der Waals surface area contributed by atoms with E-state index in [9.17, 15) is 14.4 Å². The number of hydrogen-bond acceptors (Lipinski definition) is 5. The number of rotatable bonds is 8. The van der Waals surface area contributed by atoms with Gasteiger partial charge in [-0.25, -0.2) is 4.98 Å². The summed E-state index contributed by atoms with van der Waals surface area (Å²) in [5, 5.41) is 7.03. The number of aryl methyl sites for hydroxylation is 1. The van der Waals surface area contributed by atoms with Gasteiger partial charge in [0.1, 0.15) is 0 Å². The molecular formula is C30H30N4O3S. The molecule has 0 bridgehead atoms. The molecule has 5 rings (SSSR count). The van der Waals surface area contributed by atoms with E-state index in [0.717, 1.165) is 42.5 Å². The summed E-state index contributed by atoms with van der Waals surface area (Å²) in [7, 11) is 0. The maximum Gasteiger partial charge on any atom is 0.262 e. The number of nitrogens with zero attached hydrogens (tertiary/aromatic N) is 2. The van der Waals surface area contributed by atoms with Crippen LogP contribution in [0.25, 0.3) is 10.9 Å². The van der Waals surface area contributed by atoms with Crippen LogP contribution in [0.5, 0.6) is 0 Å². The van der Waals surface area contributed by atoms with Crippen molar-refractivity contribution in [2.75, 3.05) is 11.1 Å². The minimum Gasteiger partial charge on any atom is -0.349 e. The van der Waals surface area contributed by atoms with E-state index in [1.807, 2.05) is 55.5 Å². The van der Waals surface area contributed by atoms with Crippen LogP contribution >= 0.6 is 11.8 Å². The Balaban J connectivity index is 1.35. The number of fused-ring (bicyclic) bond motifs is 1. The number of anilines is 1. The van der Waals surface area contributed by atoms with Crippen LogP contribution in [0.3, 0.4) is 0 Å². The fourth-order valence-electron chi connectivity index (χ4n) is 4.71. The lowest BCUT2D eigenvalue weighted by molar-refractivity contribution is -0.113. The summed E-state index contributed by atoms with van der Waals surface area (Å²) in [6, 6.07) is 22.4. The minimum absolute atomic E-state index is 0.0658. The molecule has 2 amide bonds. The normalized spacial score (nSPS) is 13.5. The van der Waals surface area contributed by atoms with Crippen molar-refractivity contribution < 1.29 is 9.59 Å². The molecule has 0 radical (unpaired) electrons. The Morgan fingerprint density at radius 1 is 0.974 bits per heavy atom. The van der Waals surface area contributed by atoms with Crippen molar-refractivity contribution in [3.8, 4) is 0 Å². The number of carbonyl (C=O) groups is 2. The summed E-state index contributed by atoms with van der Waals surface area (Å²) in [5.41, 5.74) is 3.64. The van der Waals surface area contributed by atoms with Gasteiger partial charge in [-0.3, -0.25) is 19.0 Å². The number of aromatic nitrogens is 2. The molecule has 1 heterocycles. The van der Waals surface area contributed by atoms with Crippen molar-refractivity contribution in [1.29, 1.82) is 0 Å². The van der Waals surface area contributed by atoms with Gasteiger partial charge in [-0.1, -0.05) is 67.1 Å². The third-order valence-corrected chi connectivity index (χ3v) is 7.80. The zero-order chi connectivity index (χ0) is 26.5. The maximum absolute atomic E-state index is 13.4. The number of hydrogen-bond donors (Lipinski definition) is 2. The van der Waals surface area contributed by atoms with E-state index in [4.69, 9.17) is 4.98 Å². The summed E-state index contributed by atoms with van der Waals surface area (Å²) >= 11 is 1.23. The zero-order valence-electron chi connectivity index (χ0n) is 21.3. The van der Waals surface area contributed by atoms with E-state index in [1.165, 1.54) is 11.8 Å². The van der Waals surface area contributed by atoms with Gasteiger partial charge in [-0.15, -0.1) is 0 Å². The van der Waals surface area contributed by atoms with Gasteiger partial charge in [0, 0.05) is 17.3 Å². The first-order valence-electron chi connectivity index (χ1n) is 12.9. The smallest absolute Gasteiger partial charge is 0.262 e. The molecule has 4 aromatic rings. The molecule has 7 nitrogen and oxygen atoms in total. The topological polar surface area (TPSA) is 93.1 Å². The maximum atomic E-state index is 13.4. The average Bonchev–Trinajstić information content (AvgIpc) is 3.44. The van der Waals surface area contributed by atoms with Crippen molar-refractivity contribution >= 4 is 40.2 Å². The molecule has 0 unspecified atom stereocenters. The van der Waals surface area contributed by atoms with Crippen molar-refractivity contribution in [3.05, 3.63) is 99.8 Å². The lowest BCUT2D eigenvalue weighted by Crippen LogP contribution is -2.32. The van der Waals surface area contributed by atoms with Crippen LogP contribution < -0.4 is 16.2 Å². The number of thioether (sulfide) groups is 1. The molecule has 1 saturated carbocycles. The highest BCUT2D eigenvalue weighted by molar-refractivity contribution is 7.99. The molecule has 1 aromatic heterocycles. The fourth-order valence-corrected chi connectivity index (χ4v) is 5.51. The third kappa shape index (κ3) is 5.97. The number of carbonyl (C=O) groups excluding carboxylic acids is 2. The molecule has 0 saturated heterocycles. The molecule has 1 aliphatic carbocycles. The zero-order valence-corrected chi connectivity index (χ0v) is 22.1. The first-order valence-corrected chi connectivity index (χ1v) is 13.8. The summed E-state index contributed by atoms with van der Waals surface area (Å²) in [4.78, 5) is 43.5. The quantitative estimate of drug-likeness (QED) is 0.245. The fraction of sp³-hybridized carbons (Fsp3) is 0.267. The monoisotopic (exact) mass is 526 g/mol. The second-order valence-electron chi connectivity index (χ2n) is 9.61. The second-order valence-corrected chi connectivity index (χ2v) is 10.5. The first-order chi connectivity index (χ1) is 18.5. The Morgan fingerprint density at radius 3 is 2.45 bits per heavy atom. The van der Waals surface area contributed by atoms with Crippen LogP contribution in [0.1, 0.15) is 47.2 Å². The summed E-state index contributed by atoms with van der Waals surface area (Å²) < 4.78 is 1.60. The van der Waals surface area contributed by atoms with Crippen molar-refractivity contribution in [2.45, 2.75) is 50.4 Å². The van der Waals surface area contributed by atoms with Gasteiger partial charge >= 0.3 is 0 Å².